The van der Waals surface area contributed by atoms with Gasteiger partial charge < -0.3 is 4.74 Å². The quantitative estimate of drug-likeness (QED) is 0.170. The van der Waals surface area contributed by atoms with Gasteiger partial charge in [-0.05, 0) is 38.0 Å². The summed E-state index contributed by atoms with van der Waals surface area (Å²) in [5.74, 6) is -0.462. The predicted molar refractivity (Wildman–Crippen MR) is 167 cm³/mol. The third kappa shape index (κ3) is 7.02. The van der Waals surface area contributed by atoms with Crippen LogP contribution in [0.1, 0.15) is 43.0 Å². The maximum absolute atomic E-state index is 14.3. The highest BCUT2D eigenvalue weighted by Gasteiger charge is 2.43. The first-order valence-corrected chi connectivity index (χ1v) is 14.1. The predicted octanol–water partition coefficient (Wildman–Crippen LogP) is 7.17. The summed E-state index contributed by atoms with van der Waals surface area (Å²) in [6.07, 6.45) is 2.25. The number of ether oxygens (including phenoxy) is 1. The van der Waals surface area contributed by atoms with Crippen LogP contribution in [0.3, 0.4) is 0 Å². The van der Waals surface area contributed by atoms with Gasteiger partial charge in [-0.3, -0.25) is 4.90 Å². The number of hydrazone groups is 1. The number of hydrogen-bond acceptors (Lipinski definition) is 4. The minimum Gasteiger partial charge on any atom is -0.458 e. The molecule has 0 radical (unpaired) electrons. The van der Waals surface area contributed by atoms with E-state index < -0.39 is 17.6 Å². The van der Waals surface area contributed by atoms with Crippen LogP contribution in [-0.4, -0.2) is 45.8 Å². The Balaban J connectivity index is 1.61. The van der Waals surface area contributed by atoms with Gasteiger partial charge in [0.05, 0.1) is 12.3 Å². The van der Waals surface area contributed by atoms with Crippen molar-refractivity contribution in [1.29, 1.82) is 0 Å². The second-order valence-electron chi connectivity index (χ2n) is 11.2. The zero-order chi connectivity index (χ0) is 29.5. The van der Waals surface area contributed by atoms with Crippen LogP contribution in [0, 0.1) is 0 Å². The maximum atomic E-state index is 14.3. The lowest BCUT2D eigenvalue weighted by Crippen LogP contribution is -2.46. The van der Waals surface area contributed by atoms with Crippen LogP contribution in [0.4, 0.5) is 4.79 Å². The van der Waals surface area contributed by atoms with Crippen LogP contribution in [0.2, 0.25) is 0 Å². The first-order chi connectivity index (χ1) is 20.3. The summed E-state index contributed by atoms with van der Waals surface area (Å²) in [6.45, 7) is 5.70. The van der Waals surface area contributed by atoms with Gasteiger partial charge in [0.25, 0.3) is 0 Å². The molecule has 5 rings (SSSR count). The average Bonchev–Trinajstić information content (AvgIpc) is 3.29. The molecule has 0 unspecified atom stereocenters. The molecule has 1 saturated heterocycles. The third-order valence-corrected chi connectivity index (χ3v) is 6.76. The van der Waals surface area contributed by atoms with Crippen molar-refractivity contribution in [2.75, 3.05) is 6.54 Å². The van der Waals surface area contributed by atoms with Crippen LogP contribution < -0.4 is 0 Å². The zero-order valence-electron chi connectivity index (χ0n) is 24.2. The van der Waals surface area contributed by atoms with Gasteiger partial charge >= 0.3 is 12.0 Å². The average molecular weight is 558 g/mol. The number of nitrogens with zero attached hydrogens (tertiary/aromatic N) is 3. The molecule has 0 aliphatic carbocycles. The van der Waals surface area contributed by atoms with E-state index in [4.69, 9.17) is 9.84 Å². The van der Waals surface area contributed by atoms with Gasteiger partial charge in [0, 0.05) is 23.2 Å². The summed E-state index contributed by atoms with van der Waals surface area (Å²) in [4.78, 5) is 29.6. The summed E-state index contributed by atoms with van der Waals surface area (Å²) < 4.78 is 5.87. The van der Waals surface area contributed by atoms with Gasteiger partial charge in [0.15, 0.2) is 0 Å². The molecular formula is C36H35N3O3. The van der Waals surface area contributed by atoms with Crippen molar-refractivity contribution in [2.45, 2.75) is 38.8 Å². The maximum Gasteiger partial charge on any atom is 0.345 e. The zero-order valence-corrected chi connectivity index (χ0v) is 24.2. The molecule has 4 aromatic carbocycles. The second kappa shape index (κ2) is 12.7. The lowest BCUT2D eigenvalue weighted by molar-refractivity contribution is -0.159. The topological polar surface area (TPSA) is 62.2 Å². The monoisotopic (exact) mass is 557 g/mol. The number of rotatable bonds is 8. The number of hydrogen-bond donors (Lipinski definition) is 0. The smallest absolute Gasteiger partial charge is 0.345 e. The number of carbonyl (C=O) groups is 2. The Morgan fingerprint density at radius 1 is 0.810 bits per heavy atom. The van der Waals surface area contributed by atoms with E-state index in [1.807, 2.05) is 148 Å². The molecule has 0 N–H and O–H groups in total. The third-order valence-electron chi connectivity index (χ3n) is 6.76. The molecule has 1 aliphatic rings. The molecule has 0 bridgehead atoms. The fraction of sp³-hybridized carbons (Fsp3) is 0.194. The first-order valence-electron chi connectivity index (χ1n) is 14.1. The number of esters is 1. The van der Waals surface area contributed by atoms with E-state index in [-0.39, 0.29) is 12.6 Å². The van der Waals surface area contributed by atoms with Crippen molar-refractivity contribution in [3.63, 3.8) is 0 Å². The highest BCUT2D eigenvalue weighted by molar-refractivity contribution is 6.13. The number of amides is 2. The molecular weight excluding hydrogens is 522 g/mol. The summed E-state index contributed by atoms with van der Waals surface area (Å²) in [6, 6.07) is 37.8. The second-order valence-corrected chi connectivity index (χ2v) is 11.2. The molecule has 4 aromatic rings. The highest BCUT2D eigenvalue weighted by Crippen LogP contribution is 2.29. The van der Waals surface area contributed by atoms with Crippen molar-refractivity contribution >= 4 is 23.8 Å². The van der Waals surface area contributed by atoms with Gasteiger partial charge in [-0.1, -0.05) is 121 Å². The number of benzene rings is 4. The van der Waals surface area contributed by atoms with Gasteiger partial charge in [-0.2, -0.15) is 5.10 Å². The van der Waals surface area contributed by atoms with Gasteiger partial charge in [0.2, 0.25) is 0 Å². The summed E-state index contributed by atoms with van der Waals surface area (Å²) in [7, 11) is 0. The molecule has 6 heteroatoms. The molecule has 1 aliphatic heterocycles. The van der Waals surface area contributed by atoms with E-state index in [1.54, 1.807) is 4.90 Å². The van der Waals surface area contributed by atoms with E-state index >= 15 is 0 Å². The number of urea groups is 1. The molecule has 42 heavy (non-hydrogen) atoms. The molecule has 212 valence electrons. The van der Waals surface area contributed by atoms with Crippen LogP contribution in [0.15, 0.2) is 132 Å². The summed E-state index contributed by atoms with van der Waals surface area (Å²) in [5, 5.41) is 6.38. The molecule has 1 heterocycles. The van der Waals surface area contributed by atoms with Crippen molar-refractivity contribution in [1.82, 2.24) is 9.91 Å². The van der Waals surface area contributed by atoms with Crippen LogP contribution in [0.5, 0.6) is 0 Å². The Kier molecular flexibility index (Phi) is 8.63. The van der Waals surface area contributed by atoms with E-state index in [0.29, 0.717) is 17.8 Å². The molecule has 6 nitrogen and oxygen atoms in total. The van der Waals surface area contributed by atoms with E-state index in [9.17, 15) is 9.59 Å². The summed E-state index contributed by atoms with van der Waals surface area (Å²) in [5.41, 5.74) is 4.24. The lowest BCUT2D eigenvalue weighted by atomic mass is 10.0. The summed E-state index contributed by atoms with van der Waals surface area (Å²) >= 11 is 0. The highest BCUT2D eigenvalue weighted by atomic mass is 16.6. The SMILES string of the molecule is CC(C)(C)OC(=O)[C@@H](Cc1ccccc1)N1C(=O)N(N=C(c2ccccc2)c2ccccc2)CC1=Cc1ccccc1. The molecule has 2 amide bonds. The minimum absolute atomic E-state index is 0.199. The van der Waals surface area contributed by atoms with Gasteiger partial charge in [0.1, 0.15) is 11.6 Å². The molecule has 0 aromatic heterocycles. The Hall–Kier alpha value is -4.97. The minimum atomic E-state index is -0.883. The Bertz CT molecular complexity index is 1520. The van der Waals surface area contributed by atoms with Crippen LogP contribution in [0.25, 0.3) is 6.08 Å². The van der Waals surface area contributed by atoms with Crippen LogP contribution >= 0.6 is 0 Å². The Morgan fingerprint density at radius 2 is 1.31 bits per heavy atom. The molecule has 0 spiro atoms. The molecule has 1 atom stereocenters. The van der Waals surface area contributed by atoms with Crippen LogP contribution in [-0.2, 0) is 16.0 Å². The standard InChI is InChI=1S/C36H35N3O3/c1-36(2,3)42-34(40)32(25-28-18-10-5-11-19-28)39-31(24-27-16-8-4-9-17-27)26-38(35(39)41)37-33(29-20-12-6-13-21-29)30-22-14-7-15-23-30/h4-24,32H,25-26H2,1-3H3/t32-/m1/s1. The fourth-order valence-electron chi connectivity index (χ4n) is 4.89. The van der Waals surface area contributed by atoms with Crippen molar-refractivity contribution in [2.24, 2.45) is 5.10 Å². The van der Waals surface area contributed by atoms with Gasteiger partial charge in [-0.25, -0.2) is 14.6 Å². The van der Waals surface area contributed by atoms with E-state index in [0.717, 1.165) is 22.3 Å². The Labute approximate surface area is 247 Å². The van der Waals surface area contributed by atoms with Crippen molar-refractivity contribution < 1.29 is 14.3 Å². The molecule has 0 saturated carbocycles. The first kappa shape index (κ1) is 28.6. The number of carbonyl (C=O) groups excluding carboxylic acids is 2. The van der Waals surface area contributed by atoms with E-state index in [1.165, 1.54) is 5.01 Å². The Morgan fingerprint density at radius 3 is 1.83 bits per heavy atom. The van der Waals surface area contributed by atoms with Crippen molar-refractivity contribution in [3.8, 4) is 0 Å². The van der Waals surface area contributed by atoms with Crippen molar-refractivity contribution in [3.05, 3.63) is 149 Å². The normalized spacial score (nSPS) is 15.0. The largest absolute Gasteiger partial charge is 0.458 e. The fourth-order valence-corrected chi connectivity index (χ4v) is 4.89. The van der Waals surface area contributed by atoms with Gasteiger partial charge in [-0.15, -0.1) is 0 Å². The van der Waals surface area contributed by atoms with E-state index in [2.05, 4.69) is 0 Å². The molecule has 1 fully saturated rings. The lowest BCUT2D eigenvalue weighted by Gasteiger charge is -2.30.